The summed E-state index contributed by atoms with van der Waals surface area (Å²) in [6, 6.07) is 14.0. The fourth-order valence-corrected chi connectivity index (χ4v) is 2.69. The number of hydrogen-bond acceptors (Lipinski definition) is 3. The van der Waals surface area contributed by atoms with Crippen molar-refractivity contribution < 1.29 is 0 Å². The molecule has 0 amide bonds. The zero-order chi connectivity index (χ0) is 18.9. The Morgan fingerprint density at radius 1 is 1.11 bits per heavy atom. The monoisotopic (exact) mass is 510 g/mol. The van der Waals surface area contributed by atoms with Gasteiger partial charge in [0.2, 0.25) is 0 Å². The summed E-state index contributed by atoms with van der Waals surface area (Å²) < 4.78 is 1.85. The minimum absolute atomic E-state index is 0. The third-order valence-corrected chi connectivity index (χ3v) is 4.19. The van der Waals surface area contributed by atoms with Crippen LogP contribution in [0.3, 0.4) is 0 Å². The Hall–Kier alpha value is -2.13. The molecule has 3 rings (SSSR count). The highest BCUT2D eigenvalue weighted by molar-refractivity contribution is 14.0. The minimum Gasteiger partial charge on any atom is -0.357 e. The van der Waals surface area contributed by atoms with Crippen LogP contribution in [0.5, 0.6) is 0 Å². The van der Waals surface area contributed by atoms with Crippen LogP contribution in [0.2, 0.25) is 5.15 Å². The van der Waals surface area contributed by atoms with E-state index in [1.165, 1.54) is 5.56 Å². The molecule has 2 heterocycles. The Balaban J connectivity index is 0.00000280. The molecule has 0 aliphatic heterocycles. The molecular weight excluding hydrogens is 487 g/mol. The molecule has 1 aromatic carbocycles. The van der Waals surface area contributed by atoms with Crippen molar-refractivity contribution >= 4 is 41.5 Å². The molecule has 0 aliphatic rings. The van der Waals surface area contributed by atoms with Gasteiger partial charge in [0.15, 0.2) is 5.96 Å². The quantitative estimate of drug-likeness (QED) is 0.219. The lowest BCUT2D eigenvalue weighted by Crippen LogP contribution is -2.38. The summed E-state index contributed by atoms with van der Waals surface area (Å²) in [4.78, 5) is 8.67. The van der Waals surface area contributed by atoms with Crippen LogP contribution in [0.15, 0.2) is 66.0 Å². The van der Waals surface area contributed by atoms with Crippen molar-refractivity contribution in [3.63, 3.8) is 0 Å². The van der Waals surface area contributed by atoms with E-state index in [2.05, 4.69) is 56.9 Å². The SMILES string of the molecule is CCNC(=NCc1ccc(Cl)nc1)NCCc1ccc(-n2cccn2)cc1.I. The predicted molar refractivity (Wildman–Crippen MR) is 125 cm³/mol. The van der Waals surface area contributed by atoms with E-state index in [1.54, 1.807) is 18.5 Å². The number of aromatic nitrogens is 3. The van der Waals surface area contributed by atoms with Crippen molar-refractivity contribution in [1.82, 2.24) is 25.4 Å². The van der Waals surface area contributed by atoms with E-state index < -0.39 is 0 Å². The zero-order valence-corrected chi connectivity index (χ0v) is 18.8. The van der Waals surface area contributed by atoms with Crippen molar-refractivity contribution in [2.45, 2.75) is 19.9 Å². The summed E-state index contributed by atoms with van der Waals surface area (Å²) in [5, 5.41) is 11.4. The number of halogens is 2. The molecule has 0 atom stereocenters. The number of pyridine rings is 1. The van der Waals surface area contributed by atoms with Crippen molar-refractivity contribution in [3.8, 4) is 5.69 Å². The van der Waals surface area contributed by atoms with Crippen LogP contribution in [-0.4, -0.2) is 33.8 Å². The lowest BCUT2D eigenvalue weighted by molar-refractivity contribution is 0.798. The smallest absolute Gasteiger partial charge is 0.191 e. The predicted octanol–water partition coefficient (Wildman–Crippen LogP) is 3.84. The highest BCUT2D eigenvalue weighted by Gasteiger charge is 2.00. The van der Waals surface area contributed by atoms with E-state index in [4.69, 9.17) is 11.6 Å². The second kappa shape index (κ2) is 11.7. The summed E-state index contributed by atoms with van der Waals surface area (Å²) >= 11 is 5.81. The fraction of sp³-hybridized carbons (Fsp3) is 0.250. The van der Waals surface area contributed by atoms with Crippen molar-refractivity contribution in [2.24, 2.45) is 4.99 Å². The van der Waals surface area contributed by atoms with Crippen molar-refractivity contribution in [3.05, 3.63) is 77.3 Å². The Morgan fingerprint density at radius 3 is 2.54 bits per heavy atom. The molecular formula is C20H24ClIN6. The van der Waals surface area contributed by atoms with Gasteiger partial charge in [-0.15, -0.1) is 24.0 Å². The molecule has 3 aromatic rings. The van der Waals surface area contributed by atoms with Crippen LogP contribution in [0, 0.1) is 0 Å². The minimum atomic E-state index is 0. The summed E-state index contributed by atoms with van der Waals surface area (Å²) in [6.45, 7) is 4.21. The summed E-state index contributed by atoms with van der Waals surface area (Å²) in [5.41, 5.74) is 3.34. The Morgan fingerprint density at radius 2 is 1.89 bits per heavy atom. The molecule has 0 spiro atoms. The number of nitrogens with one attached hydrogen (secondary N) is 2. The van der Waals surface area contributed by atoms with E-state index in [1.807, 2.05) is 23.0 Å². The highest BCUT2D eigenvalue weighted by atomic mass is 127. The molecule has 0 saturated heterocycles. The molecule has 0 fully saturated rings. The number of nitrogens with zero attached hydrogens (tertiary/aromatic N) is 4. The van der Waals surface area contributed by atoms with Crippen molar-refractivity contribution in [1.29, 1.82) is 0 Å². The molecule has 2 aromatic heterocycles. The molecule has 148 valence electrons. The maximum absolute atomic E-state index is 5.81. The van der Waals surface area contributed by atoms with Gasteiger partial charge in [0.05, 0.1) is 12.2 Å². The van der Waals surface area contributed by atoms with Crippen LogP contribution < -0.4 is 10.6 Å². The molecule has 6 nitrogen and oxygen atoms in total. The number of benzene rings is 1. The highest BCUT2D eigenvalue weighted by Crippen LogP contribution is 2.09. The standard InChI is InChI=1S/C20H23ClN6.HI/c1-2-22-20(25-15-17-6-9-19(21)24-14-17)23-12-10-16-4-7-18(8-5-16)27-13-3-11-26-27;/h3-9,11,13-14H,2,10,12,15H2,1H3,(H2,22,23,25);1H. The van der Waals surface area contributed by atoms with Crippen LogP contribution in [0.4, 0.5) is 0 Å². The fourth-order valence-electron chi connectivity index (χ4n) is 2.57. The lowest BCUT2D eigenvalue weighted by Gasteiger charge is -2.11. The third kappa shape index (κ3) is 6.79. The van der Waals surface area contributed by atoms with Crippen LogP contribution >= 0.6 is 35.6 Å². The van der Waals surface area contributed by atoms with Gasteiger partial charge in [-0.3, -0.25) is 0 Å². The van der Waals surface area contributed by atoms with Gasteiger partial charge in [-0.1, -0.05) is 29.8 Å². The van der Waals surface area contributed by atoms with Crippen LogP contribution in [-0.2, 0) is 13.0 Å². The first-order valence-corrected chi connectivity index (χ1v) is 9.34. The molecule has 0 unspecified atom stereocenters. The topological polar surface area (TPSA) is 67.1 Å². The van der Waals surface area contributed by atoms with Gasteiger partial charge in [-0.25, -0.2) is 14.7 Å². The van der Waals surface area contributed by atoms with E-state index in [0.29, 0.717) is 11.7 Å². The summed E-state index contributed by atoms with van der Waals surface area (Å²) in [6.07, 6.45) is 6.37. The second-order valence-corrected chi connectivity index (χ2v) is 6.37. The van der Waals surface area contributed by atoms with Gasteiger partial charge in [-0.05, 0) is 48.7 Å². The average molecular weight is 511 g/mol. The first-order chi connectivity index (χ1) is 13.2. The number of rotatable bonds is 7. The van der Waals surface area contributed by atoms with Crippen molar-refractivity contribution in [2.75, 3.05) is 13.1 Å². The van der Waals surface area contributed by atoms with E-state index in [-0.39, 0.29) is 24.0 Å². The Bertz CT molecular complexity index is 847. The van der Waals surface area contributed by atoms with Crippen LogP contribution in [0.1, 0.15) is 18.1 Å². The first kappa shape index (κ1) is 22.2. The molecule has 0 saturated carbocycles. The van der Waals surface area contributed by atoms with Crippen LogP contribution in [0.25, 0.3) is 5.69 Å². The van der Waals surface area contributed by atoms with E-state index in [9.17, 15) is 0 Å². The van der Waals surface area contributed by atoms with Gasteiger partial charge < -0.3 is 10.6 Å². The zero-order valence-electron chi connectivity index (χ0n) is 15.7. The Labute approximate surface area is 187 Å². The average Bonchev–Trinajstić information content (AvgIpc) is 3.23. The molecule has 28 heavy (non-hydrogen) atoms. The number of hydrogen-bond donors (Lipinski definition) is 2. The molecule has 0 aliphatic carbocycles. The molecule has 8 heteroatoms. The van der Waals surface area contributed by atoms with E-state index >= 15 is 0 Å². The molecule has 0 radical (unpaired) electrons. The number of guanidine groups is 1. The van der Waals surface area contributed by atoms with Gasteiger partial charge in [-0.2, -0.15) is 5.10 Å². The normalized spacial score (nSPS) is 11.0. The van der Waals surface area contributed by atoms with E-state index in [0.717, 1.165) is 36.7 Å². The maximum Gasteiger partial charge on any atom is 0.191 e. The van der Waals surface area contributed by atoms with Gasteiger partial charge in [0.25, 0.3) is 0 Å². The largest absolute Gasteiger partial charge is 0.357 e. The summed E-state index contributed by atoms with van der Waals surface area (Å²) in [7, 11) is 0. The first-order valence-electron chi connectivity index (χ1n) is 8.96. The maximum atomic E-state index is 5.81. The lowest BCUT2D eigenvalue weighted by atomic mass is 10.1. The van der Waals surface area contributed by atoms with Gasteiger partial charge in [0, 0.05) is 31.7 Å². The van der Waals surface area contributed by atoms with Gasteiger partial charge >= 0.3 is 0 Å². The molecule has 0 bridgehead atoms. The van der Waals surface area contributed by atoms with Gasteiger partial charge in [0.1, 0.15) is 5.15 Å². The third-order valence-electron chi connectivity index (χ3n) is 3.96. The summed E-state index contributed by atoms with van der Waals surface area (Å²) in [5.74, 6) is 0.792. The molecule has 2 N–H and O–H groups in total. The Kier molecular flexibility index (Phi) is 9.22. The second-order valence-electron chi connectivity index (χ2n) is 5.98. The number of aliphatic imine (C=N–C) groups is 1.